The van der Waals surface area contributed by atoms with Gasteiger partial charge in [0.2, 0.25) is 0 Å². The van der Waals surface area contributed by atoms with Crippen molar-refractivity contribution in [2.45, 2.75) is 84.0 Å². The van der Waals surface area contributed by atoms with Crippen LogP contribution in [0.4, 0.5) is 0 Å². The third-order valence-corrected chi connectivity index (χ3v) is 6.88. The summed E-state index contributed by atoms with van der Waals surface area (Å²) in [7, 11) is -4.43. The molecule has 0 saturated carbocycles. The first-order valence-corrected chi connectivity index (χ1v) is 14.6. The molecule has 1 atom stereocenters. The van der Waals surface area contributed by atoms with Crippen LogP contribution in [0, 0.1) is 0 Å². The molecule has 0 fully saturated rings. The molecular weight excluding hydrogens is 494 g/mol. The van der Waals surface area contributed by atoms with Crippen molar-refractivity contribution in [3.63, 3.8) is 0 Å². The number of benzene rings is 2. The average Bonchev–Trinajstić information content (AvgIpc) is 2.80. The van der Waals surface area contributed by atoms with E-state index in [0.29, 0.717) is 12.4 Å². The first-order chi connectivity index (χ1) is 16.4. The molecule has 2 rings (SSSR count). The summed E-state index contributed by atoms with van der Waals surface area (Å²) in [6.45, 7) is 2.78. The minimum Gasteiger partial charge on any atom is -0.492 e. The van der Waals surface area contributed by atoms with E-state index >= 15 is 0 Å². The number of unbranched alkanes of at least 4 members (excludes halogenated alkanes) is 11. The molecule has 2 aromatic carbocycles. The van der Waals surface area contributed by atoms with Crippen LogP contribution in [0.1, 0.15) is 84.0 Å². The third-order valence-electron chi connectivity index (χ3n) is 5.42. The van der Waals surface area contributed by atoms with Crippen LogP contribution in [0.2, 0.25) is 10.0 Å². The van der Waals surface area contributed by atoms with Crippen LogP contribution in [0.15, 0.2) is 42.5 Å². The predicted molar refractivity (Wildman–Crippen MR) is 141 cm³/mol. The molecule has 0 aromatic heterocycles. The van der Waals surface area contributed by atoms with Crippen LogP contribution in [-0.4, -0.2) is 11.5 Å². The monoisotopic (exact) mass is 530 g/mol. The largest absolute Gasteiger partial charge is 0.584 e. The highest BCUT2D eigenvalue weighted by Gasteiger charge is 2.27. The summed E-state index contributed by atoms with van der Waals surface area (Å²) < 4.78 is 28.2. The van der Waals surface area contributed by atoms with Crippen molar-refractivity contribution in [1.82, 2.24) is 0 Å². The number of halogens is 2. The van der Waals surface area contributed by atoms with Crippen LogP contribution in [0.3, 0.4) is 0 Å². The molecule has 0 heterocycles. The first kappa shape index (κ1) is 28.8. The van der Waals surface area contributed by atoms with Gasteiger partial charge in [0.1, 0.15) is 11.5 Å². The zero-order valence-corrected chi connectivity index (χ0v) is 22.4. The number of hydrogen-bond acceptors (Lipinski definition) is 4. The van der Waals surface area contributed by atoms with Gasteiger partial charge in [-0.1, -0.05) is 119 Å². The van der Waals surface area contributed by atoms with Crippen molar-refractivity contribution in [2.75, 3.05) is 6.61 Å². The van der Waals surface area contributed by atoms with Gasteiger partial charge in [-0.25, -0.2) is 4.57 Å². The summed E-state index contributed by atoms with van der Waals surface area (Å²) in [4.78, 5) is 10.0. The molecule has 0 spiro atoms. The quantitative estimate of drug-likeness (QED) is 0.153. The van der Waals surface area contributed by atoms with Crippen molar-refractivity contribution in [2.24, 2.45) is 0 Å². The molecular formula is C26H37Cl2O5P. The van der Waals surface area contributed by atoms with Crippen molar-refractivity contribution < 1.29 is 23.2 Å². The molecule has 1 N–H and O–H groups in total. The maximum absolute atomic E-state index is 12.3. The highest BCUT2D eigenvalue weighted by molar-refractivity contribution is 7.48. The van der Waals surface area contributed by atoms with Gasteiger partial charge in [0.15, 0.2) is 5.75 Å². The minimum absolute atomic E-state index is 0.0499. The fourth-order valence-electron chi connectivity index (χ4n) is 3.57. The molecule has 1 unspecified atom stereocenters. The standard InChI is InChI=1S/C26H37Cl2O5P/c1-2-3-4-5-6-7-8-9-10-11-12-16-19-31-25-20-24(28)26(21-23(25)27)33-34(29,30)32-22-17-14-13-15-18-22/h13-15,17-18,20-21H,2-12,16,19H2,1H3,(H,29,30). The van der Waals surface area contributed by atoms with Gasteiger partial charge >= 0.3 is 7.82 Å². The normalized spacial score (nSPS) is 12.8. The molecule has 0 aliphatic rings. The Hall–Kier alpha value is -1.39. The fraction of sp³-hybridized carbons (Fsp3) is 0.538. The zero-order chi connectivity index (χ0) is 24.7. The van der Waals surface area contributed by atoms with Gasteiger partial charge in [0.25, 0.3) is 0 Å². The lowest BCUT2D eigenvalue weighted by molar-refractivity contribution is 0.289. The van der Waals surface area contributed by atoms with E-state index in [1.54, 1.807) is 30.3 Å². The van der Waals surface area contributed by atoms with Gasteiger partial charge in [0, 0.05) is 12.1 Å². The second kappa shape index (κ2) is 16.3. The molecule has 0 amide bonds. The maximum atomic E-state index is 12.3. The molecule has 5 nitrogen and oxygen atoms in total. The van der Waals surface area contributed by atoms with Crippen molar-refractivity contribution in [3.8, 4) is 17.2 Å². The lowest BCUT2D eigenvalue weighted by Crippen LogP contribution is -2.01. The predicted octanol–water partition coefficient (Wildman–Crippen LogP) is 9.63. The summed E-state index contributed by atoms with van der Waals surface area (Å²) in [5.74, 6) is 0.572. The lowest BCUT2D eigenvalue weighted by Gasteiger charge is -2.16. The van der Waals surface area contributed by atoms with Gasteiger partial charge < -0.3 is 13.8 Å². The molecule has 34 heavy (non-hydrogen) atoms. The summed E-state index contributed by atoms with van der Waals surface area (Å²) in [6.07, 6.45) is 15.3. The zero-order valence-electron chi connectivity index (χ0n) is 20.0. The van der Waals surface area contributed by atoms with E-state index in [4.69, 9.17) is 37.0 Å². The third kappa shape index (κ3) is 11.8. The van der Waals surface area contributed by atoms with Gasteiger partial charge in [-0.15, -0.1) is 0 Å². The van der Waals surface area contributed by atoms with Gasteiger partial charge in [0.05, 0.1) is 16.7 Å². The Bertz CT molecular complexity index is 879. The number of phosphoric acid groups is 1. The van der Waals surface area contributed by atoms with Crippen LogP contribution in [-0.2, 0) is 4.57 Å². The number of ether oxygens (including phenoxy) is 1. The van der Waals surface area contributed by atoms with E-state index in [1.165, 1.54) is 76.3 Å². The molecule has 0 bridgehead atoms. The van der Waals surface area contributed by atoms with Crippen LogP contribution >= 0.6 is 31.0 Å². The number of phosphoric ester groups is 1. The number of para-hydroxylation sites is 1. The van der Waals surface area contributed by atoms with Gasteiger partial charge in [-0.3, -0.25) is 4.89 Å². The second-order valence-corrected chi connectivity index (χ2v) is 10.5. The van der Waals surface area contributed by atoms with E-state index in [9.17, 15) is 9.46 Å². The van der Waals surface area contributed by atoms with E-state index < -0.39 is 7.82 Å². The molecule has 2 aromatic rings. The van der Waals surface area contributed by atoms with E-state index in [1.807, 2.05) is 0 Å². The summed E-state index contributed by atoms with van der Waals surface area (Å²) in [5.41, 5.74) is 0. The summed E-state index contributed by atoms with van der Waals surface area (Å²) in [6, 6.07) is 11.1. The van der Waals surface area contributed by atoms with Crippen LogP contribution < -0.4 is 13.8 Å². The first-order valence-electron chi connectivity index (χ1n) is 12.3. The number of hydrogen-bond donors (Lipinski definition) is 1. The van der Waals surface area contributed by atoms with Crippen molar-refractivity contribution >= 4 is 31.0 Å². The Labute approximate surface area is 214 Å². The Morgan fingerprint density at radius 2 is 1.24 bits per heavy atom. The van der Waals surface area contributed by atoms with Crippen molar-refractivity contribution in [3.05, 3.63) is 52.5 Å². The second-order valence-electron chi connectivity index (χ2n) is 8.41. The van der Waals surface area contributed by atoms with Gasteiger partial charge in [-0.05, 0) is 18.6 Å². The highest BCUT2D eigenvalue weighted by atomic mass is 35.5. The van der Waals surface area contributed by atoms with E-state index in [2.05, 4.69) is 6.92 Å². The average molecular weight is 531 g/mol. The van der Waals surface area contributed by atoms with Crippen molar-refractivity contribution in [1.29, 1.82) is 0 Å². The summed E-state index contributed by atoms with van der Waals surface area (Å²) in [5, 5.41) is 0.359. The molecule has 0 aliphatic heterocycles. The molecule has 0 radical (unpaired) electrons. The Morgan fingerprint density at radius 3 is 1.82 bits per heavy atom. The smallest absolute Gasteiger partial charge is 0.492 e. The van der Waals surface area contributed by atoms with Crippen LogP contribution in [0.5, 0.6) is 17.2 Å². The topological polar surface area (TPSA) is 65.0 Å². The summed E-state index contributed by atoms with van der Waals surface area (Å²) >= 11 is 12.5. The minimum atomic E-state index is -4.43. The Balaban J connectivity index is 1.65. The Morgan fingerprint density at radius 1 is 0.735 bits per heavy atom. The maximum Gasteiger partial charge on any atom is 0.584 e. The van der Waals surface area contributed by atoms with Crippen LogP contribution in [0.25, 0.3) is 0 Å². The molecule has 190 valence electrons. The fourth-order valence-corrected chi connectivity index (χ4v) is 4.85. The van der Waals surface area contributed by atoms with Gasteiger partial charge in [-0.2, -0.15) is 0 Å². The molecule has 8 heteroatoms. The highest BCUT2D eigenvalue weighted by Crippen LogP contribution is 2.48. The van der Waals surface area contributed by atoms with E-state index in [0.717, 1.165) is 12.8 Å². The lowest BCUT2D eigenvalue weighted by atomic mass is 10.1. The molecule has 0 saturated heterocycles. The molecule has 0 aliphatic carbocycles. The number of rotatable bonds is 18. The van der Waals surface area contributed by atoms with E-state index in [-0.39, 0.29) is 21.5 Å². The Kier molecular flexibility index (Phi) is 13.8. The SMILES string of the molecule is CCCCCCCCCCCCCCOc1cc(Cl)c(OP(=O)(O)Oc2ccccc2)cc1Cl.